The zero-order valence-electron chi connectivity index (χ0n) is 7.94. The topological polar surface area (TPSA) is 30.2 Å². The third kappa shape index (κ3) is 2.28. The smallest absolute Gasteiger partial charge is 0.354 e. The molecule has 1 aromatic carbocycles. The molecule has 0 spiro atoms. The standard InChI is InChI=1S/C12H9ClO2/c13-11-10(6-7-15-12(11)14)8-9-4-2-1-3-5-9/h1-7H,8H2. The molecule has 0 aliphatic carbocycles. The Kier molecular flexibility index (Phi) is 2.88. The molecule has 1 heterocycles. The molecule has 0 aliphatic heterocycles. The van der Waals surface area contributed by atoms with Crippen LogP contribution in [0.3, 0.4) is 0 Å². The van der Waals surface area contributed by atoms with Gasteiger partial charge in [0.15, 0.2) is 0 Å². The van der Waals surface area contributed by atoms with Crippen molar-refractivity contribution in [2.75, 3.05) is 0 Å². The lowest BCUT2D eigenvalue weighted by Gasteiger charge is -2.02. The molecule has 15 heavy (non-hydrogen) atoms. The maximum Gasteiger partial charge on any atom is 0.354 e. The Bertz CT molecular complexity index is 503. The summed E-state index contributed by atoms with van der Waals surface area (Å²) in [7, 11) is 0. The van der Waals surface area contributed by atoms with Crippen molar-refractivity contribution >= 4 is 11.6 Å². The summed E-state index contributed by atoms with van der Waals surface area (Å²) in [5, 5.41) is 0.168. The van der Waals surface area contributed by atoms with Crippen LogP contribution in [0.25, 0.3) is 0 Å². The minimum Gasteiger partial charge on any atom is -0.430 e. The van der Waals surface area contributed by atoms with Gasteiger partial charge < -0.3 is 4.42 Å². The molecule has 0 N–H and O–H groups in total. The highest BCUT2D eigenvalue weighted by Crippen LogP contribution is 2.15. The second-order valence-electron chi connectivity index (χ2n) is 3.21. The largest absolute Gasteiger partial charge is 0.430 e. The van der Waals surface area contributed by atoms with E-state index in [1.807, 2.05) is 30.3 Å². The van der Waals surface area contributed by atoms with E-state index >= 15 is 0 Å². The number of hydrogen-bond donors (Lipinski definition) is 0. The molecule has 0 unspecified atom stereocenters. The maximum absolute atomic E-state index is 11.1. The normalized spacial score (nSPS) is 10.2. The van der Waals surface area contributed by atoms with Gasteiger partial charge in [-0.15, -0.1) is 0 Å². The first kappa shape index (κ1) is 9.99. The van der Waals surface area contributed by atoms with Crippen molar-refractivity contribution < 1.29 is 4.42 Å². The molecule has 0 atom stereocenters. The molecule has 76 valence electrons. The summed E-state index contributed by atoms with van der Waals surface area (Å²) >= 11 is 5.84. The minimum absolute atomic E-state index is 0.168. The predicted molar refractivity (Wildman–Crippen MR) is 59.2 cm³/mol. The van der Waals surface area contributed by atoms with Gasteiger partial charge in [0.1, 0.15) is 5.02 Å². The van der Waals surface area contributed by atoms with Gasteiger partial charge in [-0.1, -0.05) is 41.9 Å². The van der Waals surface area contributed by atoms with E-state index in [2.05, 4.69) is 4.42 Å². The third-order valence-electron chi connectivity index (χ3n) is 2.14. The summed E-state index contributed by atoms with van der Waals surface area (Å²) in [6, 6.07) is 11.6. The highest BCUT2D eigenvalue weighted by molar-refractivity contribution is 6.31. The van der Waals surface area contributed by atoms with Crippen LogP contribution in [0.2, 0.25) is 5.02 Å². The van der Waals surface area contributed by atoms with Gasteiger partial charge in [0.2, 0.25) is 0 Å². The summed E-state index contributed by atoms with van der Waals surface area (Å²) in [5.74, 6) is 0. The van der Waals surface area contributed by atoms with Gasteiger partial charge in [0.05, 0.1) is 6.26 Å². The number of rotatable bonds is 2. The van der Waals surface area contributed by atoms with Crippen molar-refractivity contribution in [3.05, 3.63) is 69.2 Å². The lowest BCUT2D eigenvalue weighted by atomic mass is 10.1. The number of hydrogen-bond acceptors (Lipinski definition) is 2. The Morgan fingerprint density at radius 3 is 2.60 bits per heavy atom. The van der Waals surface area contributed by atoms with E-state index in [1.165, 1.54) is 6.26 Å². The second-order valence-corrected chi connectivity index (χ2v) is 3.59. The predicted octanol–water partition coefficient (Wildman–Crippen LogP) is 2.88. The lowest BCUT2D eigenvalue weighted by molar-refractivity contribution is 0.509. The van der Waals surface area contributed by atoms with E-state index in [1.54, 1.807) is 6.07 Å². The molecule has 2 rings (SSSR count). The quantitative estimate of drug-likeness (QED) is 0.779. The molecule has 0 radical (unpaired) electrons. The van der Waals surface area contributed by atoms with Crippen LogP contribution in [0, 0.1) is 0 Å². The van der Waals surface area contributed by atoms with Crippen molar-refractivity contribution in [3.63, 3.8) is 0 Å². The minimum atomic E-state index is -0.481. The van der Waals surface area contributed by atoms with Gasteiger partial charge in [0.25, 0.3) is 0 Å². The fourth-order valence-electron chi connectivity index (χ4n) is 1.39. The first-order valence-corrected chi connectivity index (χ1v) is 4.95. The number of halogens is 1. The third-order valence-corrected chi connectivity index (χ3v) is 2.54. The molecule has 2 aromatic rings. The zero-order chi connectivity index (χ0) is 10.7. The van der Waals surface area contributed by atoms with Gasteiger partial charge in [-0.05, 0) is 23.6 Å². The Labute approximate surface area is 92.1 Å². The molecule has 0 saturated heterocycles. The summed E-state index contributed by atoms with van der Waals surface area (Å²) in [6.45, 7) is 0. The van der Waals surface area contributed by atoms with E-state index < -0.39 is 5.63 Å². The van der Waals surface area contributed by atoms with Crippen LogP contribution in [0.15, 0.2) is 51.9 Å². The second kappa shape index (κ2) is 4.32. The lowest BCUT2D eigenvalue weighted by Crippen LogP contribution is -2.02. The van der Waals surface area contributed by atoms with Gasteiger partial charge >= 0.3 is 5.63 Å². The molecule has 1 aromatic heterocycles. The van der Waals surface area contributed by atoms with Crippen LogP contribution in [0.1, 0.15) is 11.1 Å². The molecular formula is C12H9ClO2. The molecule has 0 aliphatic rings. The maximum atomic E-state index is 11.1. The van der Waals surface area contributed by atoms with Crippen molar-refractivity contribution in [2.45, 2.75) is 6.42 Å². The van der Waals surface area contributed by atoms with Crippen LogP contribution in [0.4, 0.5) is 0 Å². The van der Waals surface area contributed by atoms with Crippen molar-refractivity contribution in [1.82, 2.24) is 0 Å². The van der Waals surface area contributed by atoms with Crippen molar-refractivity contribution in [1.29, 1.82) is 0 Å². The van der Waals surface area contributed by atoms with Crippen LogP contribution in [-0.2, 0) is 6.42 Å². The first-order chi connectivity index (χ1) is 7.27. The van der Waals surface area contributed by atoms with E-state index in [-0.39, 0.29) is 5.02 Å². The Hall–Kier alpha value is -1.54. The monoisotopic (exact) mass is 220 g/mol. The van der Waals surface area contributed by atoms with E-state index in [0.29, 0.717) is 6.42 Å². The summed E-state index contributed by atoms with van der Waals surface area (Å²) in [4.78, 5) is 11.1. The molecule has 0 saturated carbocycles. The summed E-state index contributed by atoms with van der Waals surface area (Å²) in [5.41, 5.74) is 1.43. The van der Waals surface area contributed by atoms with E-state index in [0.717, 1.165) is 11.1 Å². The van der Waals surface area contributed by atoms with Gasteiger partial charge in [-0.3, -0.25) is 0 Å². The fraction of sp³-hybridized carbons (Fsp3) is 0.0833. The number of benzene rings is 1. The van der Waals surface area contributed by atoms with E-state index in [4.69, 9.17) is 11.6 Å². The van der Waals surface area contributed by atoms with Crippen LogP contribution in [-0.4, -0.2) is 0 Å². The molecule has 3 heteroatoms. The highest BCUT2D eigenvalue weighted by Gasteiger charge is 2.05. The first-order valence-electron chi connectivity index (χ1n) is 4.57. The molecule has 0 amide bonds. The molecule has 2 nitrogen and oxygen atoms in total. The molecular weight excluding hydrogens is 212 g/mol. The molecule has 0 fully saturated rings. The summed E-state index contributed by atoms with van der Waals surface area (Å²) < 4.78 is 4.65. The van der Waals surface area contributed by atoms with E-state index in [9.17, 15) is 4.79 Å². The SMILES string of the molecule is O=c1occc(Cc2ccccc2)c1Cl. The highest BCUT2D eigenvalue weighted by atomic mass is 35.5. The van der Waals surface area contributed by atoms with Gasteiger partial charge in [-0.25, -0.2) is 4.79 Å². The van der Waals surface area contributed by atoms with Gasteiger partial charge in [-0.2, -0.15) is 0 Å². The Balaban J connectivity index is 2.33. The van der Waals surface area contributed by atoms with Crippen LogP contribution in [0.5, 0.6) is 0 Å². The van der Waals surface area contributed by atoms with Crippen LogP contribution < -0.4 is 5.63 Å². The zero-order valence-corrected chi connectivity index (χ0v) is 8.70. The van der Waals surface area contributed by atoms with Crippen molar-refractivity contribution in [3.8, 4) is 0 Å². The summed E-state index contributed by atoms with van der Waals surface area (Å²) in [6.07, 6.45) is 2.01. The van der Waals surface area contributed by atoms with Crippen LogP contribution >= 0.6 is 11.6 Å². The Morgan fingerprint density at radius 1 is 1.13 bits per heavy atom. The Morgan fingerprint density at radius 2 is 1.87 bits per heavy atom. The average Bonchev–Trinajstić information content (AvgIpc) is 2.26. The van der Waals surface area contributed by atoms with Crippen molar-refractivity contribution in [2.24, 2.45) is 0 Å². The van der Waals surface area contributed by atoms with Gasteiger partial charge in [0, 0.05) is 0 Å². The molecule has 0 bridgehead atoms. The average molecular weight is 221 g/mol. The fourth-order valence-corrected chi connectivity index (χ4v) is 1.56.